The number of carbonyl (C=O) groups is 2. The third-order valence-corrected chi connectivity index (χ3v) is 7.20. The van der Waals surface area contributed by atoms with Crippen molar-refractivity contribution >= 4 is 17.5 Å². The Morgan fingerprint density at radius 2 is 1.68 bits per heavy atom. The van der Waals surface area contributed by atoms with Gasteiger partial charge in [0.05, 0.1) is 12.1 Å². The molecule has 2 amide bonds. The standard InChI is InChI=1S/C31H36FN3O3/c1-22(36)26-8-5-9-28(20-26)33-31(38)34-29(19-23-6-3-2-4-7-23)30(37)21-35-16-14-25(15-17-35)18-24-10-12-27(32)13-11-24/h2-13,20,25,29-30,37H,14-19,21H2,1H3,(H2,33,34,38)/t29-,30-/m1/s1. The summed E-state index contributed by atoms with van der Waals surface area (Å²) < 4.78 is 13.2. The maximum Gasteiger partial charge on any atom is 0.319 e. The summed E-state index contributed by atoms with van der Waals surface area (Å²) >= 11 is 0. The van der Waals surface area contributed by atoms with Crippen molar-refractivity contribution in [2.24, 2.45) is 5.92 Å². The van der Waals surface area contributed by atoms with Crippen molar-refractivity contribution in [1.29, 1.82) is 0 Å². The molecule has 1 saturated heterocycles. The number of aliphatic hydroxyl groups excluding tert-OH is 1. The Bertz CT molecular complexity index is 1190. The molecule has 38 heavy (non-hydrogen) atoms. The van der Waals surface area contributed by atoms with E-state index < -0.39 is 18.2 Å². The van der Waals surface area contributed by atoms with Crippen molar-refractivity contribution in [2.75, 3.05) is 25.0 Å². The summed E-state index contributed by atoms with van der Waals surface area (Å²) in [5, 5.41) is 17.0. The second-order valence-electron chi connectivity index (χ2n) is 10.2. The molecule has 3 aromatic carbocycles. The maximum atomic E-state index is 13.2. The Morgan fingerprint density at radius 3 is 2.37 bits per heavy atom. The Hall–Kier alpha value is -3.55. The van der Waals surface area contributed by atoms with Crippen LogP contribution in [0.5, 0.6) is 0 Å². The van der Waals surface area contributed by atoms with E-state index in [0.29, 0.717) is 30.1 Å². The minimum Gasteiger partial charge on any atom is -0.390 e. The Labute approximate surface area is 223 Å². The lowest BCUT2D eigenvalue weighted by molar-refractivity contribution is 0.0659. The maximum absolute atomic E-state index is 13.2. The van der Waals surface area contributed by atoms with E-state index in [1.807, 2.05) is 42.5 Å². The van der Waals surface area contributed by atoms with E-state index in [0.717, 1.165) is 43.5 Å². The monoisotopic (exact) mass is 517 g/mol. The van der Waals surface area contributed by atoms with E-state index in [2.05, 4.69) is 15.5 Å². The van der Waals surface area contributed by atoms with Crippen molar-refractivity contribution in [3.8, 4) is 0 Å². The van der Waals surface area contributed by atoms with Crippen LogP contribution in [0.3, 0.4) is 0 Å². The number of carbonyl (C=O) groups excluding carboxylic acids is 2. The first-order chi connectivity index (χ1) is 18.4. The second-order valence-corrected chi connectivity index (χ2v) is 10.2. The number of hydrogen-bond donors (Lipinski definition) is 3. The van der Waals surface area contributed by atoms with Crippen LogP contribution in [0.2, 0.25) is 0 Å². The van der Waals surface area contributed by atoms with Crippen LogP contribution in [0.15, 0.2) is 78.9 Å². The number of rotatable bonds is 10. The molecule has 0 bridgehead atoms. The van der Waals surface area contributed by atoms with Crippen molar-refractivity contribution < 1.29 is 19.1 Å². The summed E-state index contributed by atoms with van der Waals surface area (Å²) in [6, 6.07) is 22.4. The van der Waals surface area contributed by atoms with E-state index >= 15 is 0 Å². The number of piperidine rings is 1. The highest BCUT2D eigenvalue weighted by molar-refractivity contribution is 5.96. The number of urea groups is 1. The zero-order valence-corrected chi connectivity index (χ0v) is 21.8. The molecule has 1 heterocycles. The molecular formula is C31H36FN3O3. The smallest absolute Gasteiger partial charge is 0.319 e. The molecule has 1 aliphatic rings. The number of anilines is 1. The van der Waals surface area contributed by atoms with Gasteiger partial charge in [0.15, 0.2) is 5.78 Å². The van der Waals surface area contributed by atoms with Gasteiger partial charge in [-0.2, -0.15) is 0 Å². The Kier molecular flexibility index (Phi) is 9.62. The van der Waals surface area contributed by atoms with Crippen LogP contribution in [0, 0.1) is 11.7 Å². The molecular weight excluding hydrogens is 481 g/mol. The normalized spacial score (nSPS) is 16.0. The summed E-state index contributed by atoms with van der Waals surface area (Å²) in [5.74, 6) is 0.242. The summed E-state index contributed by atoms with van der Waals surface area (Å²) in [6.45, 7) is 3.67. The van der Waals surface area contributed by atoms with Gasteiger partial charge in [-0.3, -0.25) is 4.79 Å². The molecule has 7 heteroatoms. The molecule has 1 aliphatic heterocycles. The molecule has 0 spiro atoms. The predicted molar refractivity (Wildman–Crippen MR) is 148 cm³/mol. The van der Waals surface area contributed by atoms with Gasteiger partial charge in [0.1, 0.15) is 5.82 Å². The molecule has 0 unspecified atom stereocenters. The van der Waals surface area contributed by atoms with E-state index in [1.165, 1.54) is 19.1 Å². The number of hydrogen-bond acceptors (Lipinski definition) is 4. The predicted octanol–water partition coefficient (Wildman–Crippen LogP) is 5.08. The van der Waals surface area contributed by atoms with Gasteiger partial charge in [0, 0.05) is 17.8 Å². The lowest BCUT2D eigenvalue weighted by Crippen LogP contribution is -2.51. The average Bonchev–Trinajstić information content (AvgIpc) is 2.91. The zero-order valence-electron chi connectivity index (χ0n) is 21.8. The van der Waals surface area contributed by atoms with Crippen LogP contribution >= 0.6 is 0 Å². The number of β-amino-alcohol motifs (C(OH)–C–C–N with tert-alkyl or cyclic N) is 1. The van der Waals surface area contributed by atoms with Gasteiger partial charge in [-0.05, 0) is 87.0 Å². The number of amides is 2. The van der Waals surface area contributed by atoms with E-state index in [4.69, 9.17) is 0 Å². The number of aliphatic hydroxyl groups is 1. The van der Waals surface area contributed by atoms with Crippen molar-refractivity contribution in [2.45, 2.75) is 44.8 Å². The number of ketones is 1. The highest BCUT2D eigenvalue weighted by atomic mass is 19.1. The summed E-state index contributed by atoms with van der Waals surface area (Å²) in [4.78, 5) is 26.8. The van der Waals surface area contributed by atoms with Gasteiger partial charge >= 0.3 is 6.03 Å². The highest BCUT2D eigenvalue weighted by Crippen LogP contribution is 2.22. The number of nitrogens with zero attached hydrogens (tertiary/aromatic N) is 1. The van der Waals surface area contributed by atoms with Gasteiger partial charge in [-0.1, -0.05) is 54.6 Å². The molecule has 2 atom stereocenters. The van der Waals surface area contributed by atoms with Crippen LogP contribution in [0.25, 0.3) is 0 Å². The number of benzene rings is 3. The largest absolute Gasteiger partial charge is 0.390 e. The SMILES string of the molecule is CC(=O)c1cccc(NC(=O)N[C@H](Cc2ccccc2)[C@H](O)CN2CCC(Cc3ccc(F)cc3)CC2)c1. The second kappa shape index (κ2) is 13.3. The lowest BCUT2D eigenvalue weighted by Gasteiger charge is -2.35. The van der Waals surface area contributed by atoms with Crippen LogP contribution in [-0.2, 0) is 12.8 Å². The van der Waals surface area contributed by atoms with Crippen molar-refractivity contribution in [1.82, 2.24) is 10.2 Å². The third kappa shape index (κ3) is 8.23. The van der Waals surface area contributed by atoms with Gasteiger partial charge in [0.2, 0.25) is 0 Å². The van der Waals surface area contributed by atoms with Crippen molar-refractivity contribution in [3.63, 3.8) is 0 Å². The first kappa shape index (κ1) is 27.5. The quantitative estimate of drug-likeness (QED) is 0.328. The lowest BCUT2D eigenvalue weighted by atomic mass is 9.90. The fourth-order valence-corrected chi connectivity index (χ4v) is 5.02. The Morgan fingerprint density at radius 1 is 0.974 bits per heavy atom. The number of likely N-dealkylation sites (tertiary alicyclic amines) is 1. The van der Waals surface area contributed by atoms with Crippen molar-refractivity contribution in [3.05, 3.63) is 101 Å². The summed E-state index contributed by atoms with van der Waals surface area (Å²) in [7, 11) is 0. The minimum absolute atomic E-state index is 0.0760. The average molecular weight is 518 g/mol. The van der Waals surface area contributed by atoms with Crippen LogP contribution in [-0.4, -0.2) is 53.6 Å². The Balaban J connectivity index is 1.34. The fraction of sp³-hybridized carbons (Fsp3) is 0.355. The first-order valence-electron chi connectivity index (χ1n) is 13.2. The molecule has 4 rings (SSSR count). The molecule has 200 valence electrons. The van der Waals surface area contributed by atoms with E-state index in [-0.39, 0.29) is 11.6 Å². The van der Waals surface area contributed by atoms with Crippen LogP contribution in [0.4, 0.5) is 14.9 Å². The topological polar surface area (TPSA) is 81.7 Å². The minimum atomic E-state index is -0.766. The third-order valence-electron chi connectivity index (χ3n) is 7.20. The molecule has 6 nitrogen and oxygen atoms in total. The van der Waals surface area contributed by atoms with Crippen LogP contribution in [0.1, 0.15) is 41.3 Å². The molecule has 0 saturated carbocycles. The number of Topliss-reactive ketones (excluding diaryl/α,β-unsaturated/α-hetero) is 1. The molecule has 3 N–H and O–H groups in total. The van der Waals surface area contributed by atoms with Gasteiger partial charge in [-0.25, -0.2) is 9.18 Å². The van der Waals surface area contributed by atoms with Gasteiger partial charge in [-0.15, -0.1) is 0 Å². The zero-order chi connectivity index (χ0) is 26.9. The molecule has 0 aromatic heterocycles. The van der Waals surface area contributed by atoms with Gasteiger partial charge in [0.25, 0.3) is 0 Å². The van der Waals surface area contributed by atoms with Gasteiger partial charge < -0.3 is 20.6 Å². The molecule has 3 aromatic rings. The fourth-order valence-electron chi connectivity index (χ4n) is 5.02. The van der Waals surface area contributed by atoms with E-state index in [1.54, 1.807) is 24.3 Å². The highest BCUT2D eigenvalue weighted by Gasteiger charge is 2.27. The summed E-state index contributed by atoms with van der Waals surface area (Å²) in [5.41, 5.74) is 3.21. The number of nitrogens with one attached hydrogen (secondary N) is 2. The molecule has 0 aliphatic carbocycles. The number of halogens is 1. The van der Waals surface area contributed by atoms with Crippen LogP contribution < -0.4 is 10.6 Å². The first-order valence-corrected chi connectivity index (χ1v) is 13.2. The summed E-state index contributed by atoms with van der Waals surface area (Å²) in [6.07, 6.45) is 2.67. The molecule has 0 radical (unpaired) electrons. The molecule has 1 fully saturated rings. The van der Waals surface area contributed by atoms with E-state index in [9.17, 15) is 19.1 Å².